The van der Waals surface area contributed by atoms with Gasteiger partial charge in [0, 0.05) is 32.5 Å². The molecule has 0 aromatic heterocycles. The maximum absolute atomic E-state index is 14.1. The number of ether oxygens (including phenoxy) is 1. The Balaban J connectivity index is 1.47. The van der Waals surface area contributed by atoms with E-state index in [9.17, 15) is 14.0 Å². The van der Waals surface area contributed by atoms with Gasteiger partial charge in [-0.05, 0) is 23.3 Å². The highest BCUT2D eigenvalue weighted by Gasteiger charge is 2.41. The van der Waals surface area contributed by atoms with Crippen LogP contribution >= 0.6 is 0 Å². The highest BCUT2D eigenvalue weighted by molar-refractivity contribution is 5.94. The number of likely N-dealkylation sites (tertiary alicyclic amines) is 1. The predicted octanol–water partition coefficient (Wildman–Crippen LogP) is 4.88. The second-order valence-electron chi connectivity index (χ2n) is 7.86. The van der Waals surface area contributed by atoms with Crippen molar-refractivity contribution < 1.29 is 18.7 Å². The second kappa shape index (κ2) is 9.64. The van der Waals surface area contributed by atoms with Crippen molar-refractivity contribution in [2.75, 3.05) is 13.1 Å². The van der Waals surface area contributed by atoms with E-state index in [0.717, 1.165) is 11.1 Å². The number of carbonyl (C=O) groups is 2. The zero-order chi connectivity index (χ0) is 22.4. The number of nitrogens with one attached hydrogen (secondary N) is 1. The Morgan fingerprint density at radius 2 is 1.47 bits per heavy atom. The Labute approximate surface area is 186 Å². The first kappa shape index (κ1) is 21.6. The molecule has 0 saturated carbocycles. The maximum atomic E-state index is 14.1. The van der Waals surface area contributed by atoms with Crippen LogP contribution in [0, 0.1) is 5.82 Å². The predicted molar refractivity (Wildman–Crippen MR) is 119 cm³/mol. The lowest BCUT2D eigenvalue weighted by atomic mass is 9.84. The van der Waals surface area contributed by atoms with Gasteiger partial charge in [0.15, 0.2) is 0 Å². The van der Waals surface area contributed by atoms with Crippen LogP contribution in [0.5, 0.6) is 0 Å². The van der Waals surface area contributed by atoms with Crippen molar-refractivity contribution in [3.8, 4) is 0 Å². The molecule has 6 heteroatoms. The van der Waals surface area contributed by atoms with Crippen molar-refractivity contribution in [3.05, 3.63) is 107 Å². The smallest absolute Gasteiger partial charge is 0.408 e. The van der Waals surface area contributed by atoms with Crippen LogP contribution in [-0.4, -0.2) is 30.0 Å². The lowest BCUT2D eigenvalue weighted by Crippen LogP contribution is -2.48. The Morgan fingerprint density at radius 1 is 0.875 bits per heavy atom. The summed E-state index contributed by atoms with van der Waals surface area (Å²) in [5.41, 5.74) is 1.06. The van der Waals surface area contributed by atoms with E-state index >= 15 is 0 Å². The minimum atomic E-state index is -0.853. The van der Waals surface area contributed by atoms with Crippen molar-refractivity contribution in [1.82, 2.24) is 10.2 Å². The summed E-state index contributed by atoms with van der Waals surface area (Å²) < 4.78 is 20.1. The van der Waals surface area contributed by atoms with Crippen LogP contribution < -0.4 is 5.32 Å². The molecule has 5 nitrogen and oxygen atoms in total. The molecule has 1 heterocycles. The molecule has 1 aliphatic heterocycles. The molecule has 2 amide bonds. The van der Waals surface area contributed by atoms with E-state index in [0.29, 0.717) is 32.5 Å². The fourth-order valence-corrected chi connectivity index (χ4v) is 4.05. The van der Waals surface area contributed by atoms with E-state index in [4.69, 9.17) is 4.74 Å². The summed E-state index contributed by atoms with van der Waals surface area (Å²) in [5.74, 6) is -0.882. The first-order valence-electron chi connectivity index (χ1n) is 10.7. The summed E-state index contributed by atoms with van der Waals surface area (Å²) in [6.07, 6.45) is 0.345. The van der Waals surface area contributed by atoms with Crippen molar-refractivity contribution >= 4 is 12.0 Å². The standard InChI is InChI=1S/C26H25FN2O3/c27-23-14-8-7-13-22(23)24(30)29-17-15-26(16-18-29,21-11-5-2-6-12-21)32-25(31)28-19-20-9-3-1-4-10-20/h1-14H,15-19H2,(H,28,31). The summed E-state index contributed by atoms with van der Waals surface area (Å²) in [6.45, 7) is 1.07. The first-order valence-corrected chi connectivity index (χ1v) is 10.7. The molecule has 0 radical (unpaired) electrons. The number of alkyl carbamates (subject to hydrolysis) is 1. The molecule has 1 aliphatic rings. The van der Waals surface area contributed by atoms with E-state index in [2.05, 4.69) is 5.32 Å². The van der Waals surface area contributed by atoms with Crippen LogP contribution in [0.1, 0.15) is 34.3 Å². The zero-order valence-electron chi connectivity index (χ0n) is 17.7. The number of carbonyl (C=O) groups excluding carboxylic acids is 2. The fraction of sp³-hybridized carbons (Fsp3) is 0.231. The number of hydrogen-bond acceptors (Lipinski definition) is 3. The summed E-state index contributed by atoms with van der Waals surface area (Å²) in [4.78, 5) is 27.1. The SMILES string of the molecule is O=C(NCc1ccccc1)OC1(c2ccccc2)CCN(C(=O)c2ccccc2F)CC1. The van der Waals surface area contributed by atoms with Gasteiger partial charge >= 0.3 is 6.09 Å². The highest BCUT2D eigenvalue weighted by atomic mass is 19.1. The zero-order valence-corrected chi connectivity index (χ0v) is 17.7. The lowest BCUT2D eigenvalue weighted by molar-refractivity contribution is -0.0359. The van der Waals surface area contributed by atoms with Gasteiger partial charge in [-0.3, -0.25) is 4.79 Å². The molecule has 0 bridgehead atoms. The fourth-order valence-electron chi connectivity index (χ4n) is 4.05. The van der Waals surface area contributed by atoms with Crippen molar-refractivity contribution in [3.63, 3.8) is 0 Å². The molecule has 1 N–H and O–H groups in total. The molecule has 3 aromatic rings. The van der Waals surface area contributed by atoms with Gasteiger partial charge in [0.05, 0.1) is 5.56 Å². The number of halogens is 1. The molecule has 0 atom stereocenters. The maximum Gasteiger partial charge on any atom is 0.408 e. The Bertz CT molecular complexity index is 1060. The largest absolute Gasteiger partial charge is 0.438 e. The average molecular weight is 432 g/mol. The summed E-state index contributed by atoms with van der Waals surface area (Å²) >= 11 is 0. The van der Waals surface area contributed by atoms with Crippen LogP contribution in [0.15, 0.2) is 84.9 Å². The van der Waals surface area contributed by atoms with Gasteiger partial charge in [-0.15, -0.1) is 0 Å². The molecule has 1 saturated heterocycles. The van der Waals surface area contributed by atoms with Gasteiger partial charge in [0.2, 0.25) is 0 Å². The third kappa shape index (κ3) is 4.80. The van der Waals surface area contributed by atoms with Gasteiger partial charge in [0.1, 0.15) is 11.4 Å². The van der Waals surface area contributed by atoms with Crippen molar-refractivity contribution in [2.45, 2.75) is 25.0 Å². The van der Waals surface area contributed by atoms with E-state index in [-0.39, 0.29) is 11.5 Å². The molecular weight excluding hydrogens is 407 g/mol. The van der Waals surface area contributed by atoms with E-state index < -0.39 is 17.5 Å². The normalized spacial score (nSPS) is 15.1. The third-order valence-corrected chi connectivity index (χ3v) is 5.83. The molecule has 1 fully saturated rings. The molecule has 4 rings (SSSR count). The highest BCUT2D eigenvalue weighted by Crippen LogP contribution is 2.37. The van der Waals surface area contributed by atoms with E-state index in [1.807, 2.05) is 60.7 Å². The van der Waals surface area contributed by atoms with E-state index in [1.165, 1.54) is 12.1 Å². The lowest BCUT2D eigenvalue weighted by Gasteiger charge is -2.41. The average Bonchev–Trinajstić information content (AvgIpc) is 2.84. The molecular formula is C26H25FN2O3. The number of amides is 2. The van der Waals surface area contributed by atoms with Gasteiger partial charge in [0.25, 0.3) is 5.91 Å². The first-order chi connectivity index (χ1) is 15.6. The summed E-state index contributed by atoms with van der Waals surface area (Å²) in [5, 5.41) is 2.82. The summed E-state index contributed by atoms with van der Waals surface area (Å²) in [6, 6.07) is 25.2. The monoisotopic (exact) mass is 432 g/mol. The minimum absolute atomic E-state index is 0.0567. The quantitative estimate of drug-likeness (QED) is 0.625. The Hall–Kier alpha value is -3.67. The number of benzene rings is 3. The molecule has 0 aliphatic carbocycles. The number of nitrogens with zero attached hydrogens (tertiary/aromatic N) is 1. The topological polar surface area (TPSA) is 58.6 Å². The molecule has 32 heavy (non-hydrogen) atoms. The Morgan fingerprint density at radius 3 is 2.12 bits per heavy atom. The van der Waals surface area contributed by atoms with Crippen molar-refractivity contribution in [2.24, 2.45) is 0 Å². The second-order valence-corrected chi connectivity index (χ2v) is 7.86. The van der Waals surface area contributed by atoms with Crippen LogP contribution in [-0.2, 0) is 16.9 Å². The van der Waals surface area contributed by atoms with Crippen LogP contribution in [0.25, 0.3) is 0 Å². The van der Waals surface area contributed by atoms with Crippen molar-refractivity contribution in [1.29, 1.82) is 0 Å². The van der Waals surface area contributed by atoms with Crippen LogP contribution in [0.2, 0.25) is 0 Å². The molecule has 0 spiro atoms. The third-order valence-electron chi connectivity index (χ3n) is 5.83. The van der Waals surface area contributed by atoms with Crippen LogP contribution in [0.4, 0.5) is 9.18 Å². The van der Waals surface area contributed by atoms with Gasteiger partial charge < -0.3 is 15.0 Å². The number of hydrogen-bond donors (Lipinski definition) is 1. The number of piperidine rings is 1. The minimum Gasteiger partial charge on any atom is -0.438 e. The van der Waals surface area contributed by atoms with E-state index in [1.54, 1.807) is 17.0 Å². The molecule has 3 aromatic carbocycles. The van der Waals surface area contributed by atoms with Gasteiger partial charge in [-0.2, -0.15) is 0 Å². The molecule has 164 valence electrons. The Kier molecular flexibility index (Phi) is 6.50. The summed E-state index contributed by atoms with van der Waals surface area (Å²) in [7, 11) is 0. The van der Waals surface area contributed by atoms with Crippen LogP contribution in [0.3, 0.4) is 0 Å². The van der Waals surface area contributed by atoms with Gasteiger partial charge in [-0.25, -0.2) is 9.18 Å². The number of rotatable bonds is 5. The van der Waals surface area contributed by atoms with Gasteiger partial charge in [-0.1, -0.05) is 72.8 Å². The molecule has 0 unspecified atom stereocenters.